The predicted molar refractivity (Wildman–Crippen MR) is 184 cm³/mol. The van der Waals surface area contributed by atoms with E-state index in [2.05, 4.69) is 77.6 Å². The molecule has 1 aliphatic carbocycles. The molecule has 1 saturated carbocycles. The largest absolute Gasteiger partial charge is 0.444 e. The Morgan fingerprint density at radius 3 is 1.48 bits per heavy atom. The molecular formula is C38H70N2O2. The fraction of sp³-hybridized carbons (Fsp3) is 0.816. The van der Waals surface area contributed by atoms with Gasteiger partial charge in [-0.15, -0.1) is 0 Å². The highest BCUT2D eigenvalue weighted by Crippen LogP contribution is 2.30. The second kappa shape index (κ2) is 18.8. The van der Waals surface area contributed by atoms with Crippen molar-refractivity contribution in [1.29, 1.82) is 0 Å². The first-order valence-corrected chi connectivity index (χ1v) is 17.1. The normalized spacial score (nSPS) is 19.1. The average molecular weight is 587 g/mol. The third-order valence-corrected chi connectivity index (χ3v) is 9.61. The van der Waals surface area contributed by atoms with Crippen molar-refractivity contribution in [3.05, 3.63) is 29.8 Å². The van der Waals surface area contributed by atoms with Crippen molar-refractivity contribution >= 4 is 11.8 Å². The number of amides is 1. The number of carbonyl (C=O) groups excluding carboxylic acids is 1. The molecule has 4 rings (SSSR count). The number of piperidine rings is 2. The molecule has 3 fully saturated rings. The molecule has 0 atom stereocenters. The Morgan fingerprint density at radius 1 is 0.690 bits per heavy atom. The van der Waals surface area contributed by atoms with Crippen molar-refractivity contribution in [3.8, 4) is 0 Å². The Bertz CT molecular complexity index is 833. The van der Waals surface area contributed by atoms with Crippen LogP contribution < -0.4 is 4.90 Å². The van der Waals surface area contributed by atoms with E-state index in [1.807, 2.05) is 25.7 Å². The molecule has 2 heterocycles. The van der Waals surface area contributed by atoms with Crippen molar-refractivity contribution in [2.24, 2.45) is 35.5 Å². The van der Waals surface area contributed by atoms with E-state index in [0.717, 1.165) is 61.4 Å². The third kappa shape index (κ3) is 14.2. The van der Waals surface area contributed by atoms with Gasteiger partial charge in [0, 0.05) is 31.9 Å². The lowest BCUT2D eigenvalue weighted by Gasteiger charge is -2.35. The van der Waals surface area contributed by atoms with Crippen molar-refractivity contribution in [1.82, 2.24) is 4.90 Å². The summed E-state index contributed by atoms with van der Waals surface area (Å²) < 4.78 is 5.36. The second-order valence-electron chi connectivity index (χ2n) is 15.1. The average Bonchev–Trinajstić information content (AvgIpc) is 2.94. The van der Waals surface area contributed by atoms with Gasteiger partial charge < -0.3 is 14.5 Å². The standard InChI is InChI=1S/C15H23N.C13H25NO2.C9H18.CH4/c1-12(2)14-8-10-16(11-9-14)15-6-4-13(3)5-7-15;1-10(2)11-6-8-14(9-7-11)12(15)16-13(3,4)5;1-8(2)9-6-4-3-5-7-9;/h4-7,12,14H,8-11H2,1-3H3;10-11H,6-9H2,1-5H3;8-9H,3-7H2,1-2H3;1H4. The van der Waals surface area contributed by atoms with Crippen LogP contribution in [-0.4, -0.2) is 42.8 Å². The van der Waals surface area contributed by atoms with Gasteiger partial charge >= 0.3 is 6.09 Å². The van der Waals surface area contributed by atoms with Crippen molar-refractivity contribution < 1.29 is 9.53 Å². The zero-order valence-corrected chi connectivity index (χ0v) is 28.7. The first-order valence-electron chi connectivity index (χ1n) is 17.1. The van der Waals surface area contributed by atoms with Gasteiger partial charge in [0.1, 0.15) is 5.60 Å². The number of aryl methyl sites for hydroxylation is 1. The molecule has 1 aromatic rings. The van der Waals surface area contributed by atoms with Crippen molar-refractivity contribution in [2.45, 2.75) is 140 Å². The molecule has 0 spiro atoms. The minimum atomic E-state index is -0.383. The maximum Gasteiger partial charge on any atom is 0.410 e. The summed E-state index contributed by atoms with van der Waals surface area (Å²) in [6.07, 6.45) is 12.2. The maximum atomic E-state index is 11.8. The topological polar surface area (TPSA) is 32.8 Å². The van der Waals surface area contributed by atoms with E-state index in [4.69, 9.17) is 4.74 Å². The number of anilines is 1. The zero-order valence-electron chi connectivity index (χ0n) is 28.7. The van der Waals surface area contributed by atoms with Gasteiger partial charge in [-0.3, -0.25) is 0 Å². The summed E-state index contributed by atoms with van der Waals surface area (Å²) in [5.41, 5.74) is 2.36. The summed E-state index contributed by atoms with van der Waals surface area (Å²) in [5.74, 6) is 5.25. The van der Waals surface area contributed by atoms with Crippen molar-refractivity contribution in [3.63, 3.8) is 0 Å². The van der Waals surface area contributed by atoms with Crippen molar-refractivity contribution in [2.75, 3.05) is 31.1 Å². The smallest absolute Gasteiger partial charge is 0.410 e. The molecule has 4 heteroatoms. The first-order chi connectivity index (χ1) is 19.3. The van der Waals surface area contributed by atoms with Gasteiger partial charge in [-0.2, -0.15) is 0 Å². The molecule has 2 saturated heterocycles. The number of hydrogen-bond donors (Lipinski definition) is 0. The SMILES string of the molecule is C.CC(C)C1CCCCC1.CC(C)C1CCN(C(=O)OC(C)(C)C)CC1.Cc1ccc(N2CCC(C(C)C)CC2)cc1. The molecular weight excluding hydrogens is 516 g/mol. The molecule has 1 amide bonds. The van der Waals surface area contributed by atoms with Gasteiger partial charge in [-0.1, -0.05) is 98.8 Å². The Balaban J connectivity index is 0.000000324. The van der Waals surface area contributed by atoms with E-state index < -0.39 is 0 Å². The summed E-state index contributed by atoms with van der Waals surface area (Å²) in [6, 6.07) is 8.93. The zero-order chi connectivity index (χ0) is 30.6. The second-order valence-corrected chi connectivity index (χ2v) is 15.1. The number of benzene rings is 1. The summed E-state index contributed by atoms with van der Waals surface area (Å²) in [5, 5.41) is 0. The highest BCUT2D eigenvalue weighted by molar-refractivity contribution is 5.68. The molecule has 42 heavy (non-hydrogen) atoms. The van der Waals surface area contributed by atoms with Crippen LogP contribution in [0.15, 0.2) is 24.3 Å². The van der Waals surface area contributed by atoms with Gasteiger partial charge in [0.05, 0.1) is 0 Å². The van der Waals surface area contributed by atoms with E-state index in [1.54, 1.807) is 0 Å². The Morgan fingerprint density at radius 2 is 1.10 bits per heavy atom. The lowest BCUT2D eigenvalue weighted by Crippen LogP contribution is -2.42. The van der Waals surface area contributed by atoms with E-state index in [-0.39, 0.29) is 19.1 Å². The molecule has 1 aromatic carbocycles. The van der Waals surface area contributed by atoms with E-state index >= 15 is 0 Å². The van der Waals surface area contributed by atoms with Crippen LogP contribution in [0.3, 0.4) is 0 Å². The van der Waals surface area contributed by atoms with E-state index in [0.29, 0.717) is 0 Å². The molecule has 0 aromatic heterocycles. The quantitative estimate of drug-likeness (QED) is 0.352. The number of carbonyl (C=O) groups is 1. The number of hydrogen-bond acceptors (Lipinski definition) is 3. The maximum absolute atomic E-state index is 11.8. The lowest BCUT2D eigenvalue weighted by atomic mass is 9.82. The number of nitrogens with zero attached hydrogens (tertiary/aromatic N) is 2. The van der Waals surface area contributed by atoms with E-state index in [1.165, 1.54) is 69.3 Å². The number of ether oxygens (including phenoxy) is 1. The van der Waals surface area contributed by atoms with Crippen LogP contribution in [-0.2, 0) is 4.74 Å². The van der Waals surface area contributed by atoms with Gasteiger partial charge in [0.2, 0.25) is 0 Å². The Kier molecular flexibility index (Phi) is 17.2. The van der Waals surface area contributed by atoms with Crippen LogP contribution in [0, 0.1) is 42.4 Å². The third-order valence-electron chi connectivity index (χ3n) is 9.61. The fourth-order valence-corrected chi connectivity index (χ4v) is 6.46. The van der Waals surface area contributed by atoms with Crippen LogP contribution >= 0.6 is 0 Å². The predicted octanol–water partition coefficient (Wildman–Crippen LogP) is 11.0. The minimum Gasteiger partial charge on any atom is -0.444 e. The van der Waals surface area contributed by atoms with Gasteiger partial charge in [-0.05, 0) is 101 Å². The van der Waals surface area contributed by atoms with Gasteiger partial charge in [-0.25, -0.2) is 4.79 Å². The monoisotopic (exact) mass is 587 g/mol. The highest BCUT2D eigenvalue weighted by atomic mass is 16.6. The summed E-state index contributed by atoms with van der Waals surface area (Å²) >= 11 is 0. The van der Waals surface area contributed by atoms with Crippen LogP contribution in [0.4, 0.5) is 10.5 Å². The molecule has 3 aliphatic rings. The first kappa shape index (κ1) is 38.3. The van der Waals surface area contributed by atoms with Crippen LogP contribution in [0.5, 0.6) is 0 Å². The minimum absolute atomic E-state index is 0. The molecule has 0 N–H and O–H groups in total. The molecule has 244 valence electrons. The van der Waals surface area contributed by atoms with Gasteiger partial charge in [0.25, 0.3) is 0 Å². The van der Waals surface area contributed by atoms with Crippen LogP contribution in [0.25, 0.3) is 0 Å². The van der Waals surface area contributed by atoms with E-state index in [9.17, 15) is 4.79 Å². The summed E-state index contributed by atoms with van der Waals surface area (Å²) in [7, 11) is 0. The highest BCUT2D eigenvalue weighted by Gasteiger charge is 2.28. The molecule has 2 aliphatic heterocycles. The Labute approximate surface area is 262 Å². The molecule has 0 radical (unpaired) electrons. The number of rotatable bonds is 4. The van der Waals surface area contributed by atoms with Gasteiger partial charge in [0.15, 0.2) is 0 Å². The molecule has 0 unspecified atom stereocenters. The fourth-order valence-electron chi connectivity index (χ4n) is 6.46. The Hall–Kier alpha value is -1.71. The van der Waals surface area contributed by atoms with Crippen LogP contribution in [0.1, 0.15) is 133 Å². The number of likely N-dealkylation sites (tertiary alicyclic amines) is 1. The lowest BCUT2D eigenvalue weighted by molar-refractivity contribution is 0.0166. The molecule has 4 nitrogen and oxygen atoms in total. The summed E-state index contributed by atoms with van der Waals surface area (Å²) in [4.78, 5) is 16.2. The molecule has 0 bridgehead atoms. The van der Waals surface area contributed by atoms with Crippen LogP contribution in [0.2, 0.25) is 0 Å². The summed E-state index contributed by atoms with van der Waals surface area (Å²) in [6.45, 7) is 26.0.